The maximum atomic E-state index is 13.3. The van der Waals surface area contributed by atoms with Crippen LogP contribution in [0.3, 0.4) is 0 Å². The van der Waals surface area contributed by atoms with Gasteiger partial charge < -0.3 is 5.32 Å². The highest BCUT2D eigenvalue weighted by molar-refractivity contribution is 7.92. The lowest BCUT2D eigenvalue weighted by molar-refractivity contribution is -0.114. The summed E-state index contributed by atoms with van der Waals surface area (Å²) < 4.78 is 27.6. The van der Waals surface area contributed by atoms with E-state index in [1.807, 2.05) is 19.1 Å². The van der Waals surface area contributed by atoms with Gasteiger partial charge in [-0.05, 0) is 67.6 Å². The number of sulfonamides is 1. The van der Waals surface area contributed by atoms with Crippen LogP contribution in [0.1, 0.15) is 16.7 Å². The van der Waals surface area contributed by atoms with E-state index >= 15 is 0 Å². The molecule has 7 nitrogen and oxygen atoms in total. The molecule has 3 aromatic rings. The Kier molecular flexibility index (Phi) is 6.35. The first kappa shape index (κ1) is 21.6. The fraction of sp³-hybridized carbons (Fsp3) is 0.0870. The molecule has 0 bridgehead atoms. The van der Waals surface area contributed by atoms with E-state index in [2.05, 4.69) is 5.32 Å². The average molecular weight is 430 g/mol. The molecular formula is C23H18N4O3S. The lowest BCUT2D eigenvalue weighted by Crippen LogP contribution is -2.38. The number of hydrogen-bond donors (Lipinski definition) is 1. The van der Waals surface area contributed by atoms with E-state index in [1.54, 1.807) is 36.4 Å². The molecule has 0 aromatic heterocycles. The zero-order valence-electron chi connectivity index (χ0n) is 16.6. The highest BCUT2D eigenvalue weighted by Crippen LogP contribution is 2.24. The Labute approximate surface area is 180 Å². The first-order valence-electron chi connectivity index (χ1n) is 9.23. The van der Waals surface area contributed by atoms with Crippen molar-refractivity contribution in [3.63, 3.8) is 0 Å². The Hall–Kier alpha value is -4.14. The minimum Gasteiger partial charge on any atom is -0.325 e. The Balaban J connectivity index is 1.93. The van der Waals surface area contributed by atoms with E-state index in [1.165, 1.54) is 36.4 Å². The van der Waals surface area contributed by atoms with Crippen molar-refractivity contribution in [1.82, 2.24) is 0 Å². The minimum absolute atomic E-state index is 0.0497. The van der Waals surface area contributed by atoms with Gasteiger partial charge in [-0.2, -0.15) is 10.5 Å². The van der Waals surface area contributed by atoms with E-state index in [4.69, 9.17) is 10.5 Å². The van der Waals surface area contributed by atoms with Crippen LogP contribution in [0.15, 0.2) is 77.7 Å². The molecule has 0 unspecified atom stereocenters. The van der Waals surface area contributed by atoms with Gasteiger partial charge in [0, 0.05) is 5.69 Å². The van der Waals surface area contributed by atoms with Gasteiger partial charge in [-0.25, -0.2) is 8.42 Å². The monoisotopic (exact) mass is 430 g/mol. The normalized spacial score (nSPS) is 10.5. The van der Waals surface area contributed by atoms with Gasteiger partial charge in [-0.15, -0.1) is 0 Å². The van der Waals surface area contributed by atoms with Gasteiger partial charge in [0.25, 0.3) is 10.0 Å². The maximum Gasteiger partial charge on any atom is 0.264 e. The van der Waals surface area contributed by atoms with Gasteiger partial charge in [0.2, 0.25) is 5.91 Å². The van der Waals surface area contributed by atoms with Crippen LogP contribution in [0, 0.1) is 29.6 Å². The van der Waals surface area contributed by atoms with Gasteiger partial charge in [0.15, 0.2) is 0 Å². The molecule has 0 spiro atoms. The number of carbonyl (C=O) groups is 1. The van der Waals surface area contributed by atoms with E-state index < -0.39 is 22.5 Å². The summed E-state index contributed by atoms with van der Waals surface area (Å²) in [5.74, 6) is -0.551. The second-order valence-corrected chi connectivity index (χ2v) is 8.58. The Bertz CT molecular complexity index is 1270. The molecule has 154 valence electrons. The summed E-state index contributed by atoms with van der Waals surface area (Å²) in [7, 11) is -4.04. The molecule has 0 atom stereocenters. The first-order chi connectivity index (χ1) is 14.8. The van der Waals surface area contributed by atoms with Crippen molar-refractivity contribution in [1.29, 1.82) is 10.5 Å². The van der Waals surface area contributed by atoms with E-state index in [0.717, 1.165) is 9.87 Å². The van der Waals surface area contributed by atoms with E-state index in [0.29, 0.717) is 16.8 Å². The SMILES string of the molecule is Cc1ccc(S(=O)(=O)N(CC(=O)Nc2ccc(C#N)cc2)c2ccc(C#N)cc2)cc1. The zero-order valence-corrected chi connectivity index (χ0v) is 17.4. The molecule has 0 aliphatic carbocycles. The van der Waals surface area contributed by atoms with Crippen molar-refractivity contribution in [2.45, 2.75) is 11.8 Å². The number of carbonyl (C=O) groups excluding carboxylic acids is 1. The van der Waals surface area contributed by atoms with Crippen LogP contribution >= 0.6 is 0 Å². The van der Waals surface area contributed by atoms with Crippen LogP contribution < -0.4 is 9.62 Å². The summed E-state index contributed by atoms with van der Waals surface area (Å²) in [4.78, 5) is 12.7. The van der Waals surface area contributed by atoms with Crippen LogP contribution in [0.5, 0.6) is 0 Å². The molecule has 0 aliphatic heterocycles. The highest BCUT2D eigenvalue weighted by atomic mass is 32.2. The van der Waals surface area contributed by atoms with Crippen molar-refractivity contribution in [2.24, 2.45) is 0 Å². The van der Waals surface area contributed by atoms with Gasteiger partial charge >= 0.3 is 0 Å². The topological polar surface area (TPSA) is 114 Å². The van der Waals surface area contributed by atoms with Crippen molar-refractivity contribution < 1.29 is 13.2 Å². The molecule has 0 saturated heterocycles. The van der Waals surface area contributed by atoms with Crippen molar-refractivity contribution in [3.8, 4) is 12.1 Å². The molecule has 0 heterocycles. The molecule has 3 aromatic carbocycles. The van der Waals surface area contributed by atoms with Crippen molar-refractivity contribution in [3.05, 3.63) is 89.5 Å². The fourth-order valence-corrected chi connectivity index (χ4v) is 4.23. The van der Waals surface area contributed by atoms with Crippen molar-refractivity contribution in [2.75, 3.05) is 16.2 Å². The molecule has 8 heteroatoms. The van der Waals surface area contributed by atoms with Gasteiger partial charge in [0.05, 0.1) is 33.8 Å². The summed E-state index contributed by atoms with van der Waals surface area (Å²) in [6.07, 6.45) is 0. The van der Waals surface area contributed by atoms with Crippen LogP contribution in [-0.2, 0) is 14.8 Å². The van der Waals surface area contributed by atoms with Crippen molar-refractivity contribution >= 4 is 27.3 Å². The number of benzene rings is 3. The predicted octanol–water partition coefficient (Wildman–Crippen LogP) is 3.57. The lowest BCUT2D eigenvalue weighted by atomic mass is 10.2. The molecule has 0 fully saturated rings. The zero-order chi connectivity index (χ0) is 22.4. The van der Waals surface area contributed by atoms with E-state index in [9.17, 15) is 13.2 Å². The number of nitriles is 2. The van der Waals surface area contributed by atoms with Crippen LogP contribution in [-0.4, -0.2) is 20.9 Å². The molecular weight excluding hydrogens is 412 g/mol. The largest absolute Gasteiger partial charge is 0.325 e. The number of nitrogens with one attached hydrogen (secondary N) is 1. The smallest absolute Gasteiger partial charge is 0.264 e. The first-order valence-corrected chi connectivity index (χ1v) is 10.7. The Morgan fingerprint density at radius 1 is 0.871 bits per heavy atom. The number of amides is 1. The maximum absolute atomic E-state index is 13.3. The third kappa shape index (κ3) is 5.08. The molecule has 31 heavy (non-hydrogen) atoms. The summed E-state index contributed by atoms with van der Waals surface area (Å²) >= 11 is 0. The molecule has 3 rings (SSSR count). The molecule has 0 radical (unpaired) electrons. The molecule has 0 saturated carbocycles. The molecule has 0 aliphatic rings. The summed E-state index contributed by atoms with van der Waals surface area (Å²) in [6, 6.07) is 22.5. The standard InChI is InChI=1S/C23H18N4O3S/c1-17-2-12-22(13-3-17)31(29,30)27(21-10-6-19(15-25)7-11-21)16-23(28)26-20-8-4-18(14-24)5-9-20/h2-13H,16H2,1H3,(H,26,28). The summed E-state index contributed by atoms with van der Waals surface area (Å²) in [5, 5.41) is 20.5. The Morgan fingerprint density at radius 3 is 1.90 bits per heavy atom. The molecule has 1 amide bonds. The number of hydrogen-bond acceptors (Lipinski definition) is 5. The number of aryl methyl sites for hydroxylation is 1. The second-order valence-electron chi connectivity index (χ2n) is 6.72. The highest BCUT2D eigenvalue weighted by Gasteiger charge is 2.27. The fourth-order valence-electron chi connectivity index (χ4n) is 2.81. The van der Waals surface area contributed by atoms with E-state index in [-0.39, 0.29) is 10.6 Å². The third-order valence-corrected chi connectivity index (χ3v) is 6.27. The number of rotatable bonds is 6. The second kappa shape index (κ2) is 9.12. The van der Waals surface area contributed by atoms with Crippen LogP contribution in [0.4, 0.5) is 11.4 Å². The Morgan fingerprint density at radius 2 is 1.39 bits per heavy atom. The molecule has 1 N–H and O–H groups in total. The van der Waals surface area contributed by atoms with Gasteiger partial charge in [0.1, 0.15) is 6.54 Å². The van der Waals surface area contributed by atoms with Gasteiger partial charge in [-0.3, -0.25) is 9.10 Å². The number of anilines is 2. The van der Waals surface area contributed by atoms with Gasteiger partial charge in [-0.1, -0.05) is 17.7 Å². The minimum atomic E-state index is -4.04. The quantitative estimate of drug-likeness (QED) is 0.642. The van der Waals surface area contributed by atoms with Crippen LogP contribution in [0.25, 0.3) is 0 Å². The summed E-state index contributed by atoms with van der Waals surface area (Å²) in [5.41, 5.74) is 2.42. The van der Waals surface area contributed by atoms with Crippen LogP contribution in [0.2, 0.25) is 0 Å². The average Bonchev–Trinajstić information content (AvgIpc) is 2.78. The number of nitrogens with zero attached hydrogens (tertiary/aromatic N) is 3. The third-order valence-electron chi connectivity index (χ3n) is 4.48. The lowest BCUT2D eigenvalue weighted by Gasteiger charge is -2.24. The predicted molar refractivity (Wildman–Crippen MR) is 117 cm³/mol. The summed E-state index contributed by atoms with van der Waals surface area (Å²) in [6.45, 7) is 1.38.